The molecule has 3 aromatic heterocycles. The van der Waals surface area contributed by atoms with E-state index < -0.39 is 0 Å². The average molecular weight is 403 g/mol. The molecule has 0 amide bonds. The van der Waals surface area contributed by atoms with Gasteiger partial charge in [-0.3, -0.25) is 0 Å². The Morgan fingerprint density at radius 1 is 0.955 bits per heavy atom. The van der Waals surface area contributed by atoms with Gasteiger partial charge in [0.05, 0.1) is 10.9 Å². The van der Waals surface area contributed by atoms with Crippen LogP contribution in [-0.2, 0) is 7.05 Å². The Morgan fingerprint density at radius 3 is 2.50 bits per heavy atom. The number of nitrogens with zero attached hydrogens (tertiary/aromatic N) is 2. The van der Waals surface area contributed by atoms with E-state index in [0.717, 1.165) is 5.39 Å². The van der Waals surface area contributed by atoms with Crippen LogP contribution in [-0.4, -0.2) is 8.97 Å². The first kappa shape index (κ1) is 15.1. The summed E-state index contributed by atoms with van der Waals surface area (Å²) in [6, 6.07) is 8.03. The van der Waals surface area contributed by atoms with Crippen molar-refractivity contribution in [2.45, 2.75) is 13.8 Å². The Labute approximate surface area is 145 Å². The van der Waals surface area contributed by atoms with Crippen LogP contribution in [0.15, 0.2) is 42.9 Å². The Morgan fingerprint density at radius 2 is 1.73 bits per heavy atom. The van der Waals surface area contributed by atoms with Crippen molar-refractivity contribution in [3.05, 3.63) is 59.5 Å². The number of hydrogen-bond acceptors (Lipinski definition) is 1. The second kappa shape index (κ2) is 5.12. The fraction of sp³-hybridized carbons (Fsp3) is 0.167. The Hall–Kier alpha value is -1.82. The van der Waals surface area contributed by atoms with Gasteiger partial charge in [-0.1, -0.05) is 6.07 Å². The number of aromatic nitrogens is 2. The lowest BCUT2D eigenvalue weighted by Gasteiger charge is -2.12. The molecule has 1 N–H and O–H groups in total. The lowest BCUT2D eigenvalue weighted by Crippen LogP contribution is -1.98. The van der Waals surface area contributed by atoms with E-state index in [9.17, 15) is 0 Å². The molecule has 0 fully saturated rings. The van der Waals surface area contributed by atoms with Gasteiger partial charge >= 0.3 is 0 Å². The molecule has 0 spiro atoms. The van der Waals surface area contributed by atoms with Gasteiger partial charge in [0.25, 0.3) is 0 Å². The first-order chi connectivity index (χ1) is 10.1. The number of pyridine rings is 2. The molecule has 0 atom stereocenters. The summed E-state index contributed by atoms with van der Waals surface area (Å²) in [5.74, 6) is 0. The van der Waals surface area contributed by atoms with Crippen molar-refractivity contribution in [2.75, 3.05) is 0 Å². The lowest BCUT2D eigenvalue weighted by molar-refractivity contribution is 0.912. The topological polar surface area (TPSA) is 33.2 Å². The molecule has 0 aliphatic heterocycles. The van der Waals surface area contributed by atoms with E-state index in [-0.39, 0.29) is 24.0 Å². The highest BCUT2D eigenvalue weighted by atomic mass is 127. The molecular weight excluding hydrogens is 385 g/mol. The first-order valence-corrected chi connectivity index (χ1v) is 7.11. The minimum Gasteiger partial charge on any atom is -0.357 e. The van der Waals surface area contributed by atoms with E-state index in [4.69, 9.17) is 5.41 Å². The van der Waals surface area contributed by atoms with Gasteiger partial charge in [0.1, 0.15) is 0 Å². The Balaban J connectivity index is 0.00000144. The number of aryl methyl sites for hydroxylation is 3. The maximum absolute atomic E-state index is 7.90. The van der Waals surface area contributed by atoms with Gasteiger partial charge in [0.2, 0.25) is 0 Å². The fourth-order valence-electron chi connectivity index (χ4n) is 3.32. The van der Waals surface area contributed by atoms with E-state index in [1.165, 1.54) is 32.9 Å². The number of hydrogen-bond donors (Lipinski definition) is 1. The van der Waals surface area contributed by atoms with Crippen molar-refractivity contribution in [2.24, 2.45) is 7.05 Å². The highest BCUT2D eigenvalue weighted by Crippen LogP contribution is 2.31. The molecule has 0 unspecified atom stereocenters. The molecule has 22 heavy (non-hydrogen) atoms. The second-order valence-electron chi connectivity index (χ2n) is 5.80. The van der Waals surface area contributed by atoms with E-state index in [0.29, 0.717) is 5.36 Å². The van der Waals surface area contributed by atoms with Gasteiger partial charge in [0, 0.05) is 52.9 Å². The smallest absolute Gasteiger partial charge is 0.0568 e. The van der Waals surface area contributed by atoms with Gasteiger partial charge in [-0.2, -0.15) is 0 Å². The van der Waals surface area contributed by atoms with Crippen molar-refractivity contribution < 1.29 is 0 Å². The molecule has 0 aliphatic rings. The molecule has 1 aromatic carbocycles. The maximum atomic E-state index is 7.90. The summed E-state index contributed by atoms with van der Waals surface area (Å²) in [6.07, 6.45) is 6.45. The standard InChI is InChI=1S/C18H17N3.HI/c1-11-17-10-20(3)7-6-15(17)12(2)21-9-13-4-5-14(19)8-16(13)18(11)21;/h4-10,19H,1-3H3;1H. The Bertz CT molecular complexity index is 1090. The van der Waals surface area contributed by atoms with Gasteiger partial charge in [-0.25, -0.2) is 0 Å². The number of rotatable bonds is 0. The Kier molecular flexibility index (Phi) is 3.51. The third kappa shape index (κ3) is 1.97. The highest BCUT2D eigenvalue weighted by Gasteiger charge is 2.12. The zero-order valence-corrected chi connectivity index (χ0v) is 15.2. The van der Waals surface area contributed by atoms with Gasteiger partial charge in [-0.15, -0.1) is 24.0 Å². The summed E-state index contributed by atoms with van der Waals surface area (Å²) in [7, 11) is 2.05. The van der Waals surface area contributed by atoms with Crippen LogP contribution < -0.4 is 5.36 Å². The number of benzene rings is 1. The van der Waals surface area contributed by atoms with Crippen LogP contribution in [0.1, 0.15) is 11.3 Å². The zero-order valence-electron chi connectivity index (χ0n) is 12.8. The quantitative estimate of drug-likeness (QED) is 0.425. The summed E-state index contributed by atoms with van der Waals surface area (Å²) in [6.45, 7) is 4.34. The predicted molar refractivity (Wildman–Crippen MR) is 102 cm³/mol. The van der Waals surface area contributed by atoms with Crippen molar-refractivity contribution in [1.29, 1.82) is 5.41 Å². The van der Waals surface area contributed by atoms with E-state index in [1.54, 1.807) is 0 Å². The summed E-state index contributed by atoms with van der Waals surface area (Å²) >= 11 is 0. The molecule has 0 aliphatic carbocycles. The second-order valence-corrected chi connectivity index (χ2v) is 5.80. The summed E-state index contributed by atoms with van der Waals surface area (Å²) in [5, 5.41) is 13.4. The number of fused-ring (bicyclic) bond motifs is 4. The highest BCUT2D eigenvalue weighted by molar-refractivity contribution is 14.0. The van der Waals surface area contributed by atoms with Crippen molar-refractivity contribution in [3.8, 4) is 0 Å². The largest absolute Gasteiger partial charge is 0.357 e. The molecule has 0 saturated heterocycles. The average Bonchev–Trinajstić information content (AvgIpc) is 2.83. The molecule has 4 aromatic rings. The van der Waals surface area contributed by atoms with Crippen LogP contribution in [0.2, 0.25) is 0 Å². The number of halogens is 1. The van der Waals surface area contributed by atoms with E-state index in [2.05, 4.69) is 54.5 Å². The van der Waals surface area contributed by atoms with Crippen molar-refractivity contribution in [3.63, 3.8) is 0 Å². The fourth-order valence-corrected chi connectivity index (χ4v) is 3.32. The molecule has 112 valence electrons. The molecule has 3 heterocycles. The molecular formula is C18H18IN3. The predicted octanol–water partition coefficient (Wildman–Crippen LogP) is 4.30. The van der Waals surface area contributed by atoms with E-state index in [1.807, 2.05) is 18.2 Å². The molecule has 0 radical (unpaired) electrons. The third-order valence-corrected chi connectivity index (χ3v) is 4.43. The summed E-state index contributed by atoms with van der Waals surface area (Å²) in [5.41, 5.74) is 3.73. The van der Waals surface area contributed by atoms with Crippen molar-refractivity contribution >= 4 is 51.0 Å². The molecule has 4 rings (SSSR count). The minimum absolute atomic E-state index is 0. The van der Waals surface area contributed by atoms with Crippen molar-refractivity contribution in [1.82, 2.24) is 8.97 Å². The monoisotopic (exact) mass is 403 g/mol. The van der Waals surface area contributed by atoms with Crippen LogP contribution in [0.3, 0.4) is 0 Å². The number of nitrogens with one attached hydrogen (secondary N) is 1. The third-order valence-electron chi connectivity index (χ3n) is 4.43. The van der Waals surface area contributed by atoms with Crippen LogP contribution in [0.25, 0.3) is 27.1 Å². The van der Waals surface area contributed by atoms with Gasteiger partial charge in [0.15, 0.2) is 0 Å². The molecule has 0 bridgehead atoms. The molecule has 0 saturated carbocycles. The molecule has 3 nitrogen and oxygen atoms in total. The minimum atomic E-state index is 0. The summed E-state index contributed by atoms with van der Waals surface area (Å²) in [4.78, 5) is 0. The first-order valence-electron chi connectivity index (χ1n) is 7.11. The molecule has 4 heteroatoms. The van der Waals surface area contributed by atoms with Crippen LogP contribution in [0.4, 0.5) is 0 Å². The van der Waals surface area contributed by atoms with E-state index >= 15 is 0 Å². The SMILES string of the molecule is Cc1c2cn(C)ccc2c(C)n2cc3ccc(=N)cc3c12.I. The summed E-state index contributed by atoms with van der Waals surface area (Å²) < 4.78 is 4.36. The normalized spacial score (nSPS) is 11.2. The van der Waals surface area contributed by atoms with Gasteiger partial charge < -0.3 is 14.4 Å². The zero-order chi connectivity index (χ0) is 14.7. The van der Waals surface area contributed by atoms with Crippen LogP contribution >= 0.6 is 24.0 Å². The lowest BCUT2D eigenvalue weighted by atomic mass is 10.0. The van der Waals surface area contributed by atoms with Gasteiger partial charge in [-0.05, 0) is 37.6 Å². The maximum Gasteiger partial charge on any atom is 0.0568 e. The van der Waals surface area contributed by atoms with Crippen LogP contribution in [0.5, 0.6) is 0 Å². The van der Waals surface area contributed by atoms with Crippen LogP contribution in [0, 0.1) is 19.3 Å².